The van der Waals surface area contributed by atoms with Gasteiger partial charge >= 0.3 is 0 Å². The van der Waals surface area contributed by atoms with Crippen molar-refractivity contribution >= 4 is 49.4 Å². The third-order valence-corrected chi connectivity index (χ3v) is 3.90. The zero-order chi connectivity index (χ0) is 13.8. The van der Waals surface area contributed by atoms with Crippen LogP contribution < -0.4 is 5.32 Å². The molecule has 0 saturated carbocycles. The first-order valence-electron chi connectivity index (χ1n) is 5.54. The quantitative estimate of drug-likeness (QED) is 0.784. The van der Waals surface area contributed by atoms with Crippen LogP contribution in [0, 0.1) is 0 Å². The standard InChI is InChI=1S/C14H10Br2ClNO/c15-10-3-1-2-9(6-10)8-18-14(19)12-5-4-11(17)7-13(12)16/h1-7H,8H2,(H,18,19). The van der Waals surface area contributed by atoms with Crippen molar-refractivity contribution in [1.29, 1.82) is 0 Å². The smallest absolute Gasteiger partial charge is 0.252 e. The fourth-order valence-electron chi connectivity index (χ4n) is 1.60. The highest BCUT2D eigenvalue weighted by Gasteiger charge is 2.09. The molecule has 2 rings (SSSR count). The molecular formula is C14H10Br2ClNO. The van der Waals surface area contributed by atoms with Crippen LogP contribution in [0.15, 0.2) is 51.4 Å². The molecule has 0 atom stereocenters. The Morgan fingerprint density at radius 1 is 1.16 bits per heavy atom. The van der Waals surface area contributed by atoms with E-state index in [9.17, 15) is 4.79 Å². The lowest BCUT2D eigenvalue weighted by Crippen LogP contribution is -2.23. The summed E-state index contributed by atoms with van der Waals surface area (Å²) in [6.45, 7) is 0.480. The van der Waals surface area contributed by atoms with Crippen LogP contribution in [0.4, 0.5) is 0 Å². The largest absolute Gasteiger partial charge is 0.348 e. The Bertz CT molecular complexity index is 616. The van der Waals surface area contributed by atoms with Crippen molar-refractivity contribution < 1.29 is 4.79 Å². The molecule has 0 aliphatic carbocycles. The van der Waals surface area contributed by atoms with Crippen molar-refractivity contribution in [3.05, 3.63) is 67.6 Å². The molecule has 2 aromatic rings. The molecule has 0 aliphatic rings. The Kier molecular flexibility index (Phi) is 5.02. The van der Waals surface area contributed by atoms with Gasteiger partial charge in [-0.25, -0.2) is 0 Å². The highest BCUT2D eigenvalue weighted by Crippen LogP contribution is 2.21. The molecule has 5 heteroatoms. The van der Waals surface area contributed by atoms with Gasteiger partial charge in [0, 0.05) is 20.5 Å². The molecule has 1 N–H and O–H groups in total. The van der Waals surface area contributed by atoms with E-state index in [1.165, 1.54) is 0 Å². The van der Waals surface area contributed by atoms with Crippen LogP contribution in [0.3, 0.4) is 0 Å². The summed E-state index contributed by atoms with van der Waals surface area (Å²) < 4.78 is 1.68. The number of hydrogen-bond acceptors (Lipinski definition) is 1. The highest BCUT2D eigenvalue weighted by atomic mass is 79.9. The second kappa shape index (κ2) is 6.55. The number of hydrogen-bond donors (Lipinski definition) is 1. The Hall–Kier alpha value is -0.840. The first kappa shape index (κ1) is 14.6. The van der Waals surface area contributed by atoms with Crippen LogP contribution in [0.1, 0.15) is 15.9 Å². The topological polar surface area (TPSA) is 29.1 Å². The number of nitrogens with one attached hydrogen (secondary N) is 1. The molecule has 0 spiro atoms. The molecule has 0 aromatic heterocycles. The molecule has 0 heterocycles. The first-order chi connectivity index (χ1) is 9.06. The Labute approximate surface area is 133 Å². The lowest BCUT2D eigenvalue weighted by molar-refractivity contribution is 0.0950. The normalized spacial score (nSPS) is 10.3. The molecule has 0 saturated heterocycles. The summed E-state index contributed by atoms with van der Waals surface area (Å²) in [5.74, 6) is -0.136. The van der Waals surface area contributed by atoms with Gasteiger partial charge in [-0.1, -0.05) is 39.7 Å². The number of carbonyl (C=O) groups excluding carboxylic acids is 1. The molecule has 0 aliphatic heterocycles. The molecule has 2 aromatic carbocycles. The summed E-state index contributed by atoms with van der Waals surface area (Å²) in [7, 11) is 0. The maximum Gasteiger partial charge on any atom is 0.252 e. The first-order valence-corrected chi connectivity index (χ1v) is 7.50. The van der Waals surface area contributed by atoms with E-state index in [1.54, 1.807) is 18.2 Å². The van der Waals surface area contributed by atoms with Crippen molar-refractivity contribution in [3.8, 4) is 0 Å². The van der Waals surface area contributed by atoms with E-state index in [-0.39, 0.29) is 5.91 Å². The van der Waals surface area contributed by atoms with E-state index in [2.05, 4.69) is 37.2 Å². The Morgan fingerprint density at radius 3 is 2.63 bits per heavy atom. The van der Waals surface area contributed by atoms with Crippen LogP contribution >= 0.6 is 43.5 Å². The van der Waals surface area contributed by atoms with Crippen molar-refractivity contribution in [2.24, 2.45) is 0 Å². The molecular weight excluding hydrogens is 393 g/mol. The van der Waals surface area contributed by atoms with Gasteiger partial charge in [-0.05, 0) is 51.8 Å². The fraction of sp³-hybridized carbons (Fsp3) is 0.0714. The second-order valence-electron chi connectivity index (χ2n) is 3.94. The van der Waals surface area contributed by atoms with Crippen LogP contribution in [0.25, 0.3) is 0 Å². The summed E-state index contributed by atoms with van der Waals surface area (Å²) in [4.78, 5) is 12.0. The lowest BCUT2D eigenvalue weighted by Gasteiger charge is -2.07. The van der Waals surface area contributed by atoms with E-state index < -0.39 is 0 Å². The summed E-state index contributed by atoms with van der Waals surface area (Å²) in [6.07, 6.45) is 0. The number of benzene rings is 2. The third-order valence-electron chi connectivity index (χ3n) is 2.52. The van der Waals surface area contributed by atoms with E-state index in [0.717, 1.165) is 10.0 Å². The maximum absolute atomic E-state index is 12.0. The van der Waals surface area contributed by atoms with Crippen LogP contribution in [-0.2, 0) is 6.54 Å². The van der Waals surface area contributed by atoms with E-state index in [4.69, 9.17) is 11.6 Å². The average molecular weight is 404 g/mol. The van der Waals surface area contributed by atoms with Crippen molar-refractivity contribution in [3.63, 3.8) is 0 Å². The van der Waals surface area contributed by atoms with Gasteiger partial charge in [-0.2, -0.15) is 0 Å². The number of rotatable bonds is 3. The van der Waals surface area contributed by atoms with Gasteiger partial charge in [0.05, 0.1) is 5.56 Å². The number of halogens is 3. The average Bonchev–Trinajstić information content (AvgIpc) is 2.36. The number of amides is 1. The van der Waals surface area contributed by atoms with Crippen molar-refractivity contribution in [2.75, 3.05) is 0 Å². The van der Waals surface area contributed by atoms with Gasteiger partial charge in [-0.15, -0.1) is 0 Å². The zero-order valence-electron chi connectivity index (χ0n) is 9.79. The molecule has 0 fully saturated rings. The minimum atomic E-state index is -0.136. The van der Waals surface area contributed by atoms with Crippen LogP contribution in [0.5, 0.6) is 0 Å². The van der Waals surface area contributed by atoms with Gasteiger partial charge in [0.1, 0.15) is 0 Å². The molecule has 2 nitrogen and oxygen atoms in total. The van der Waals surface area contributed by atoms with Gasteiger partial charge in [0.25, 0.3) is 5.91 Å². The van der Waals surface area contributed by atoms with Gasteiger partial charge in [0.15, 0.2) is 0 Å². The number of carbonyl (C=O) groups is 1. The SMILES string of the molecule is O=C(NCc1cccc(Br)c1)c1ccc(Cl)cc1Br. The summed E-state index contributed by atoms with van der Waals surface area (Å²) >= 11 is 12.6. The molecule has 98 valence electrons. The van der Waals surface area contributed by atoms with E-state index in [1.807, 2.05) is 24.3 Å². The second-order valence-corrected chi connectivity index (χ2v) is 6.14. The van der Waals surface area contributed by atoms with Crippen molar-refractivity contribution in [2.45, 2.75) is 6.54 Å². The van der Waals surface area contributed by atoms with Crippen LogP contribution in [0.2, 0.25) is 5.02 Å². The minimum absolute atomic E-state index is 0.136. The van der Waals surface area contributed by atoms with Crippen molar-refractivity contribution in [1.82, 2.24) is 5.32 Å². The van der Waals surface area contributed by atoms with Gasteiger partial charge < -0.3 is 5.32 Å². The van der Waals surface area contributed by atoms with Crippen LogP contribution in [-0.4, -0.2) is 5.91 Å². The zero-order valence-corrected chi connectivity index (χ0v) is 13.7. The molecule has 0 unspecified atom stereocenters. The Balaban J connectivity index is 2.05. The van der Waals surface area contributed by atoms with Gasteiger partial charge in [-0.3, -0.25) is 4.79 Å². The summed E-state index contributed by atoms with van der Waals surface area (Å²) in [5, 5.41) is 3.46. The molecule has 0 radical (unpaired) electrons. The minimum Gasteiger partial charge on any atom is -0.348 e. The third kappa shape index (κ3) is 4.06. The van der Waals surface area contributed by atoms with E-state index >= 15 is 0 Å². The highest BCUT2D eigenvalue weighted by molar-refractivity contribution is 9.10. The monoisotopic (exact) mass is 401 g/mol. The Morgan fingerprint density at radius 2 is 1.95 bits per heavy atom. The summed E-state index contributed by atoms with van der Waals surface area (Å²) in [6, 6.07) is 12.9. The molecule has 0 bridgehead atoms. The van der Waals surface area contributed by atoms with E-state index in [0.29, 0.717) is 21.6 Å². The predicted octanol–water partition coefficient (Wildman–Crippen LogP) is 4.80. The fourth-order valence-corrected chi connectivity index (χ4v) is 2.91. The maximum atomic E-state index is 12.0. The van der Waals surface area contributed by atoms with Gasteiger partial charge in [0.2, 0.25) is 0 Å². The predicted molar refractivity (Wildman–Crippen MR) is 84.5 cm³/mol. The lowest BCUT2D eigenvalue weighted by atomic mass is 10.2. The summed E-state index contributed by atoms with van der Waals surface area (Å²) in [5.41, 5.74) is 1.60. The molecule has 19 heavy (non-hydrogen) atoms. The molecule has 1 amide bonds.